The molecule has 2 aromatic rings. The molecule has 0 aliphatic rings. The highest BCUT2D eigenvalue weighted by atomic mass is 79.9. The fraction of sp³-hybridized carbons (Fsp3) is 0.238. The van der Waals surface area contributed by atoms with Crippen molar-refractivity contribution >= 4 is 68.6 Å². The van der Waals surface area contributed by atoms with Crippen LogP contribution in [0.2, 0.25) is 15.1 Å². The number of amides is 2. The standard InChI is InChI=1S/C21H14BrCl3F6N2O2/c22-14-7-10(1-3-12(14)18(34)32-5-6-33-19(35)21(29,30)31)2-4-13(20(26,27)28)11-8-15(23)17(25)16(24)9-11/h1-4,7-9,13H,5-6H2,(H,32,34)(H,33,35)/b4-2+. The van der Waals surface area contributed by atoms with Crippen molar-refractivity contribution in [3.05, 3.63) is 72.6 Å². The van der Waals surface area contributed by atoms with Crippen LogP contribution in [0, 0.1) is 0 Å². The average molecular weight is 627 g/mol. The summed E-state index contributed by atoms with van der Waals surface area (Å²) in [6, 6.07) is 6.20. The Morgan fingerprint density at radius 2 is 1.51 bits per heavy atom. The first-order valence-electron chi connectivity index (χ1n) is 9.43. The van der Waals surface area contributed by atoms with E-state index in [9.17, 15) is 35.9 Å². The molecule has 14 heteroatoms. The van der Waals surface area contributed by atoms with E-state index in [1.165, 1.54) is 24.3 Å². The number of alkyl halides is 6. The van der Waals surface area contributed by atoms with Gasteiger partial charge in [0.15, 0.2) is 0 Å². The number of halogens is 10. The third-order valence-corrected chi connectivity index (χ3v) is 6.24. The van der Waals surface area contributed by atoms with E-state index < -0.39 is 36.6 Å². The van der Waals surface area contributed by atoms with Gasteiger partial charge < -0.3 is 10.6 Å². The average Bonchev–Trinajstić information content (AvgIpc) is 2.73. The second-order valence-electron chi connectivity index (χ2n) is 6.93. The molecule has 4 nitrogen and oxygen atoms in total. The number of allylic oxidation sites excluding steroid dienone is 1. The quantitative estimate of drug-likeness (QED) is 0.195. The van der Waals surface area contributed by atoms with Crippen LogP contribution in [-0.4, -0.2) is 37.3 Å². The first-order valence-corrected chi connectivity index (χ1v) is 11.4. The zero-order valence-electron chi connectivity index (χ0n) is 17.1. The minimum atomic E-state index is -5.03. The van der Waals surface area contributed by atoms with Crippen molar-refractivity contribution in [3.63, 3.8) is 0 Å². The van der Waals surface area contributed by atoms with Crippen molar-refractivity contribution in [1.29, 1.82) is 0 Å². The predicted octanol–water partition coefficient (Wildman–Crippen LogP) is 7.18. The van der Waals surface area contributed by atoms with Gasteiger partial charge >= 0.3 is 18.3 Å². The first-order chi connectivity index (χ1) is 16.1. The molecule has 0 fully saturated rings. The summed E-state index contributed by atoms with van der Waals surface area (Å²) in [7, 11) is 0. The number of rotatable bonds is 7. The maximum atomic E-state index is 13.7. The van der Waals surface area contributed by atoms with E-state index in [0.29, 0.717) is 5.56 Å². The summed E-state index contributed by atoms with van der Waals surface area (Å²) in [6.07, 6.45) is -7.63. The van der Waals surface area contributed by atoms with Crippen molar-refractivity contribution in [2.45, 2.75) is 18.3 Å². The summed E-state index contributed by atoms with van der Waals surface area (Å²) in [6.45, 7) is -0.742. The Morgan fingerprint density at radius 1 is 0.943 bits per heavy atom. The molecule has 0 spiro atoms. The van der Waals surface area contributed by atoms with Crippen LogP contribution in [0.4, 0.5) is 26.3 Å². The molecule has 0 bridgehead atoms. The fourth-order valence-electron chi connectivity index (χ4n) is 2.74. The molecule has 1 unspecified atom stereocenters. The van der Waals surface area contributed by atoms with Crippen molar-refractivity contribution in [3.8, 4) is 0 Å². The lowest BCUT2D eigenvalue weighted by Gasteiger charge is -2.18. The minimum Gasteiger partial charge on any atom is -0.350 e. The molecule has 2 N–H and O–H groups in total. The monoisotopic (exact) mass is 624 g/mol. The Balaban J connectivity index is 2.12. The molecule has 0 saturated carbocycles. The number of carbonyl (C=O) groups is 2. The molecular weight excluding hydrogens is 612 g/mol. The fourth-order valence-corrected chi connectivity index (χ4v) is 3.93. The maximum Gasteiger partial charge on any atom is 0.471 e. The van der Waals surface area contributed by atoms with Crippen molar-refractivity contribution in [2.24, 2.45) is 0 Å². The Bertz CT molecular complexity index is 1120. The largest absolute Gasteiger partial charge is 0.471 e. The minimum absolute atomic E-state index is 0.0671. The smallest absolute Gasteiger partial charge is 0.350 e. The molecule has 2 aromatic carbocycles. The second-order valence-corrected chi connectivity index (χ2v) is 8.97. The van der Waals surface area contributed by atoms with Crippen LogP contribution in [0.1, 0.15) is 27.4 Å². The lowest BCUT2D eigenvalue weighted by atomic mass is 9.97. The topological polar surface area (TPSA) is 58.2 Å². The number of hydrogen-bond acceptors (Lipinski definition) is 2. The van der Waals surface area contributed by atoms with Gasteiger partial charge in [0.25, 0.3) is 5.91 Å². The summed E-state index contributed by atoms with van der Waals surface area (Å²) < 4.78 is 77.6. The molecule has 190 valence electrons. The number of hydrogen-bond donors (Lipinski definition) is 2. The molecule has 0 aromatic heterocycles. The van der Waals surface area contributed by atoms with Crippen LogP contribution in [-0.2, 0) is 4.79 Å². The van der Waals surface area contributed by atoms with Crippen LogP contribution >= 0.6 is 50.7 Å². The van der Waals surface area contributed by atoms with Gasteiger partial charge in [0.2, 0.25) is 0 Å². The Morgan fingerprint density at radius 3 is 2.03 bits per heavy atom. The van der Waals surface area contributed by atoms with Crippen LogP contribution in [0.3, 0.4) is 0 Å². The third kappa shape index (κ3) is 8.30. The number of carbonyl (C=O) groups excluding carboxylic acids is 2. The van der Waals surface area contributed by atoms with Gasteiger partial charge in [-0.15, -0.1) is 0 Å². The highest BCUT2D eigenvalue weighted by Crippen LogP contribution is 2.41. The maximum absolute atomic E-state index is 13.7. The molecule has 1 atom stereocenters. The highest BCUT2D eigenvalue weighted by molar-refractivity contribution is 9.10. The Labute approximate surface area is 218 Å². The van der Waals surface area contributed by atoms with Gasteiger partial charge in [-0.2, -0.15) is 26.3 Å². The van der Waals surface area contributed by atoms with Gasteiger partial charge in [-0.1, -0.05) is 53.0 Å². The van der Waals surface area contributed by atoms with Crippen molar-refractivity contribution < 1.29 is 35.9 Å². The molecule has 0 aliphatic heterocycles. The van der Waals surface area contributed by atoms with Gasteiger partial charge in [-0.25, -0.2) is 0 Å². The van der Waals surface area contributed by atoms with E-state index in [-0.39, 0.29) is 37.2 Å². The SMILES string of the molecule is O=C(NCCNC(=O)C(F)(F)F)c1ccc(/C=C/C(c2cc(Cl)c(Cl)c(Cl)c2)C(F)(F)F)cc1Br. The summed E-state index contributed by atoms with van der Waals surface area (Å²) in [5.41, 5.74) is 0.167. The van der Waals surface area contributed by atoms with E-state index >= 15 is 0 Å². The molecule has 35 heavy (non-hydrogen) atoms. The van der Waals surface area contributed by atoms with E-state index in [1.807, 2.05) is 0 Å². The third-order valence-electron chi connectivity index (χ3n) is 4.39. The molecule has 0 heterocycles. The normalized spacial score (nSPS) is 13.1. The predicted molar refractivity (Wildman–Crippen MR) is 125 cm³/mol. The van der Waals surface area contributed by atoms with E-state index in [4.69, 9.17) is 34.8 Å². The zero-order chi connectivity index (χ0) is 26.6. The molecule has 0 aliphatic carbocycles. The molecular formula is C21H14BrCl3F6N2O2. The van der Waals surface area contributed by atoms with Gasteiger partial charge in [0.1, 0.15) is 0 Å². The summed E-state index contributed by atoms with van der Waals surface area (Å²) in [5.74, 6) is -4.86. The number of benzene rings is 2. The van der Waals surface area contributed by atoms with E-state index in [0.717, 1.165) is 18.2 Å². The van der Waals surface area contributed by atoms with Crippen LogP contribution in [0.15, 0.2) is 40.9 Å². The van der Waals surface area contributed by atoms with Crippen LogP contribution in [0.5, 0.6) is 0 Å². The van der Waals surface area contributed by atoms with Crippen LogP contribution < -0.4 is 10.6 Å². The van der Waals surface area contributed by atoms with Crippen molar-refractivity contribution in [1.82, 2.24) is 10.6 Å². The van der Waals surface area contributed by atoms with Gasteiger partial charge in [0.05, 0.1) is 26.5 Å². The van der Waals surface area contributed by atoms with Gasteiger partial charge in [0, 0.05) is 17.6 Å². The summed E-state index contributed by atoms with van der Waals surface area (Å²) in [4.78, 5) is 22.9. The van der Waals surface area contributed by atoms with Crippen molar-refractivity contribution in [2.75, 3.05) is 13.1 Å². The van der Waals surface area contributed by atoms with Gasteiger partial charge in [-0.05, 0) is 51.3 Å². The Kier molecular flexibility index (Phi) is 9.92. The summed E-state index contributed by atoms with van der Waals surface area (Å²) >= 11 is 20.7. The second kappa shape index (κ2) is 11.9. The first kappa shape index (κ1) is 29.3. The highest BCUT2D eigenvalue weighted by Gasteiger charge is 2.39. The molecule has 2 amide bonds. The number of nitrogens with one attached hydrogen (secondary N) is 2. The van der Waals surface area contributed by atoms with E-state index in [2.05, 4.69) is 21.2 Å². The van der Waals surface area contributed by atoms with Crippen LogP contribution in [0.25, 0.3) is 6.08 Å². The Hall–Kier alpha value is -1.95. The van der Waals surface area contributed by atoms with E-state index in [1.54, 1.807) is 5.32 Å². The lowest BCUT2D eigenvalue weighted by molar-refractivity contribution is -0.173. The molecule has 2 rings (SSSR count). The molecule has 0 radical (unpaired) electrons. The zero-order valence-corrected chi connectivity index (χ0v) is 21.0. The summed E-state index contributed by atoms with van der Waals surface area (Å²) in [5, 5.41) is 3.59. The van der Waals surface area contributed by atoms with Gasteiger partial charge in [-0.3, -0.25) is 9.59 Å². The lowest BCUT2D eigenvalue weighted by Crippen LogP contribution is -2.41. The molecule has 0 saturated heterocycles.